The van der Waals surface area contributed by atoms with Crippen LogP contribution in [0.1, 0.15) is 24.1 Å². The highest BCUT2D eigenvalue weighted by Crippen LogP contribution is 2.38. The molecule has 1 aromatic heterocycles. The Labute approximate surface area is 155 Å². The van der Waals surface area contributed by atoms with E-state index in [4.69, 9.17) is 0 Å². The second-order valence-electron chi connectivity index (χ2n) is 5.94. The summed E-state index contributed by atoms with van der Waals surface area (Å²) >= 11 is 0. The van der Waals surface area contributed by atoms with Crippen molar-refractivity contribution in [2.75, 3.05) is 0 Å². The number of pyridine rings is 1. The number of hydrogen-bond acceptors (Lipinski definition) is 5. The average Bonchev–Trinajstić information content (AvgIpc) is 2.66. The number of amides is 1. The van der Waals surface area contributed by atoms with Gasteiger partial charge in [0, 0.05) is 24.8 Å². The van der Waals surface area contributed by atoms with Crippen LogP contribution in [0.3, 0.4) is 0 Å². The average molecular weight is 363 g/mol. The molecule has 1 atom stereocenters. The van der Waals surface area contributed by atoms with Crippen molar-refractivity contribution in [3.05, 3.63) is 82.0 Å². The molecule has 1 amide bonds. The number of nitro benzene ring substituents is 1. The Kier molecular flexibility index (Phi) is 5.12. The van der Waals surface area contributed by atoms with Gasteiger partial charge in [0.1, 0.15) is 11.3 Å². The summed E-state index contributed by atoms with van der Waals surface area (Å²) in [4.78, 5) is 26.7. The van der Waals surface area contributed by atoms with Crippen LogP contribution in [0, 0.1) is 10.1 Å². The minimum absolute atomic E-state index is 0.116. The lowest BCUT2D eigenvalue weighted by Crippen LogP contribution is -2.24. The third-order valence-electron chi connectivity index (χ3n) is 4.04. The number of aromatic nitrogens is 1. The van der Waals surface area contributed by atoms with E-state index in [1.807, 2.05) is 30.3 Å². The monoisotopic (exact) mass is 363 g/mol. The van der Waals surface area contributed by atoms with E-state index in [9.17, 15) is 20.0 Å². The first-order chi connectivity index (χ1) is 13.0. The third kappa shape index (κ3) is 3.92. The number of carbonyl (C=O) groups excluding carboxylic acids is 1. The van der Waals surface area contributed by atoms with Gasteiger partial charge in [0.05, 0.1) is 16.4 Å². The molecule has 0 aliphatic heterocycles. The zero-order valence-electron chi connectivity index (χ0n) is 14.5. The van der Waals surface area contributed by atoms with Crippen LogP contribution < -0.4 is 5.32 Å². The van der Waals surface area contributed by atoms with Gasteiger partial charge in [-0.2, -0.15) is 0 Å². The van der Waals surface area contributed by atoms with Crippen LogP contribution in [0.5, 0.6) is 5.75 Å². The first-order valence-electron chi connectivity index (χ1n) is 8.22. The highest BCUT2D eigenvalue weighted by atomic mass is 16.6. The molecule has 3 aromatic rings. The molecule has 7 heteroatoms. The van der Waals surface area contributed by atoms with Gasteiger partial charge in [0.25, 0.3) is 5.69 Å². The van der Waals surface area contributed by atoms with Gasteiger partial charge in [-0.05, 0) is 17.7 Å². The zero-order chi connectivity index (χ0) is 19.4. The number of nitrogens with one attached hydrogen (secondary N) is 1. The lowest BCUT2D eigenvalue weighted by Gasteiger charge is -2.17. The van der Waals surface area contributed by atoms with Gasteiger partial charge in [-0.25, -0.2) is 0 Å². The fourth-order valence-electron chi connectivity index (χ4n) is 2.84. The number of nitro groups is 1. The lowest BCUT2D eigenvalue weighted by atomic mass is 10.00. The number of benzene rings is 2. The minimum atomic E-state index is -0.757. The van der Waals surface area contributed by atoms with Crippen LogP contribution >= 0.6 is 0 Å². The summed E-state index contributed by atoms with van der Waals surface area (Å²) in [5.74, 6) is -0.534. The number of fused-ring (bicyclic) bond motifs is 1. The molecule has 136 valence electrons. The summed E-state index contributed by atoms with van der Waals surface area (Å²) in [5, 5.41) is 25.1. The van der Waals surface area contributed by atoms with Crippen LogP contribution in [0.2, 0.25) is 0 Å². The Bertz CT molecular complexity index is 1030. The van der Waals surface area contributed by atoms with Gasteiger partial charge in [-0.1, -0.05) is 42.5 Å². The van der Waals surface area contributed by atoms with E-state index < -0.39 is 11.0 Å². The summed E-state index contributed by atoms with van der Waals surface area (Å²) in [6, 6.07) is 13.0. The van der Waals surface area contributed by atoms with Crippen LogP contribution in [0.4, 0.5) is 5.69 Å². The lowest BCUT2D eigenvalue weighted by molar-refractivity contribution is -0.383. The van der Waals surface area contributed by atoms with Crippen molar-refractivity contribution >= 4 is 28.6 Å². The predicted octanol–water partition coefficient (Wildman–Crippen LogP) is 3.74. The zero-order valence-corrected chi connectivity index (χ0v) is 14.5. The number of non-ortho nitro benzene ring substituents is 1. The molecule has 3 rings (SSSR count). The third-order valence-corrected chi connectivity index (χ3v) is 4.04. The maximum atomic E-state index is 11.7. The van der Waals surface area contributed by atoms with Crippen LogP contribution in [-0.4, -0.2) is 20.9 Å². The molecule has 7 nitrogen and oxygen atoms in total. The summed E-state index contributed by atoms with van der Waals surface area (Å²) < 4.78 is 0. The molecule has 27 heavy (non-hydrogen) atoms. The molecule has 0 saturated carbocycles. The standard InChI is InChI=1S/C20H17N3O4/c1-13(24)22-17(10-9-14-6-3-2-4-7-14)16-12-18(23(26)27)15-8-5-11-21-19(15)20(16)25/h2-12,17,25H,1H3,(H,22,24)/t17-/m1/s1. The van der Waals surface area contributed by atoms with Crippen molar-refractivity contribution in [2.45, 2.75) is 13.0 Å². The van der Waals surface area contributed by atoms with Crippen molar-refractivity contribution in [1.82, 2.24) is 10.3 Å². The highest BCUT2D eigenvalue weighted by molar-refractivity contribution is 5.93. The fraction of sp³-hybridized carbons (Fsp3) is 0.100. The molecule has 2 N–H and O–H groups in total. The summed E-state index contributed by atoms with van der Waals surface area (Å²) in [5.41, 5.74) is 1.02. The van der Waals surface area contributed by atoms with E-state index in [0.717, 1.165) is 5.56 Å². The molecule has 0 aliphatic rings. The molecule has 0 radical (unpaired) electrons. The largest absolute Gasteiger partial charge is 0.505 e. The second-order valence-corrected chi connectivity index (χ2v) is 5.94. The smallest absolute Gasteiger partial charge is 0.279 e. The molecular weight excluding hydrogens is 346 g/mol. The van der Waals surface area contributed by atoms with Gasteiger partial charge in [-0.3, -0.25) is 19.9 Å². The minimum Gasteiger partial charge on any atom is -0.505 e. The SMILES string of the molecule is CC(=O)N[C@H](C=Cc1ccccc1)c1cc([N+](=O)[O-])c2cccnc2c1O. The van der Waals surface area contributed by atoms with Crippen LogP contribution in [-0.2, 0) is 4.79 Å². The number of hydrogen-bond donors (Lipinski definition) is 2. The maximum Gasteiger partial charge on any atom is 0.279 e. The Morgan fingerprint density at radius 2 is 2.00 bits per heavy atom. The summed E-state index contributed by atoms with van der Waals surface area (Å²) in [6.07, 6.45) is 4.89. The number of phenols is 1. The summed E-state index contributed by atoms with van der Waals surface area (Å²) in [6.45, 7) is 1.34. The second kappa shape index (κ2) is 7.65. The molecule has 0 aliphatic carbocycles. The molecule has 0 bridgehead atoms. The molecule has 0 saturated heterocycles. The molecule has 0 spiro atoms. The number of carbonyl (C=O) groups is 1. The van der Waals surface area contributed by atoms with Gasteiger partial charge in [0.15, 0.2) is 0 Å². The number of phenolic OH excluding ortho intramolecular Hbond substituents is 1. The fourth-order valence-corrected chi connectivity index (χ4v) is 2.84. The predicted molar refractivity (Wildman–Crippen MR) is 102 cm³/mol. The topological polar surface area (TPSA) is 105 Å². The van der Waals surface area contributed by atoms with Crippen molar-refractivity contribution in [2.24, 2.45) is 0 Å². The van der Waals surface area contributed by atoms with E-state index in [-0.39, 0.29) is 33.8 Å². The molecule has 2 aromatic carbocycles. The van der Waals surface area contributed by atoms with E-state index >= 15 is 0 Å². The molecule has 0 fully saturated rings. The van der Waals surface area contributed by atoms with E-state index in [1.165, 1.54) is 25.3 Å². The van der Waals surface area contributed by atoms with E-state index in [2.05, 4.69) is 10.3 Å². The Hall–Kier alpha value is -3.74. The maximum absolute atomic E-state index is 11.7. The Balaban J connectivity index is 2.15. The first-order valence-corrected chi connectivity index (χ1v) is 8.22. The Morgan fingerprint density at radius 1 is 1.26 bits per heavy atom. The van der Waals surface area contributed by atoms with E-state index in [1.54, 1.807) is 18.2 Å². The van der Waals surface area contributed by atoms with Crippen molar-refractivity contribution in [1.29, 1.82) is 0 Å². The van der Waals surface area contributed by atoms with Crippen LogP contribution in [0.15, 0.2) is 60.8 Å². The molecule has 0 unspecified atom stereocenters. The van der Waals surface area contributed by atoms with E-state index in [0.29, 0.717) is 0 Å². The molecular formula is C20H17N3O4. The first kappa shape index (κ1) is 18.1. The van der Waals surface area contributed by atoms with Crippen molar-refractivity contribution in [3.8, 4) is 5.75 Å². The Morgan fingerprint density at radius 3 is 2.67 bits per heavy atom. The van der Waals surface area contributed by atoms with Gasteiger partial charge < -0.3 is 10.4 Å². The number of aromatic hydroxyl groups is 1. The molecule has 1 heterocycles. The van der Waals surface area contributed by atoms with Gasteiger partial charge in [-0.15, -0.1) is 0 Å². The highest BCUT2D eigenvalue weighted by Gasteiger charge is 2.23. The van der Waals surface area contributed by atoms with Crippen molar-refractivity contribution in [3.63, 3.8) is 0 Å². The van der Waals surface area contributed by atoms with Gasteiger partial charge in [0.2, 0.25) is 5.91 Å². The normalized spacial score (nSPS) is 12.2. The number of rotatable bonds is 5. The van der Waals surface area contributed by atoms with Gasteiger partial charge >= 0.3 is 0 Å². The van der Waals surface area contributed by atoms with Crippen LogP contribution in [0.25, 0.3) is 17.0 Å². The number of nitrogens with zero attached hydrogens (tertiary/aromatic N) is 2. The van der Waals surface area contributed by atoms with Crippen molar-refractivity contribution < 1.29 is 14.8 Å². The quantitative estimate of drug-likeness (QED) is 0.531. The summed E-state index contributed by atoms with van der Waals surface area (Å²) in [7, 11) is 0.